The lowest BCUT2D eigenvalue weighted by Crippen LogP contribution is -2.27. The van der Waals surface area contributed by atoms with Crippen molar-refractivity contribution in [3.05, 3.63) is 17.5 Å². The van der Waals surface area contributed by atoms with Gasteiger partial charge in [-0.1, -0.05) is 5.16 Å². The monoisotopic (exact) mass is 195 g/mol. The van der Waals surface area contributed by atoms with E-state index in [9.17, 15) is 0 Å². The summed E-state index contributed by atoms with van der Waals surface area (Å²) >= 11 is 0. The van der Waals surface area contributed by atoms with Crippen LogP contribution in [0.25, 0.3) is 0 Å². The molecule has 4 heteroatoms. The molecule has 1 unspecified atom stereocenters. The zero-order valence-corrected chi connectivity index (χ0v) is 8.57. The van der Waals surface area contributed by atoms with Crippen LogP contribution < -0.4 is 5.73 Å². The molecule has 0 aliphatic carbocycles. The second-order valence-electron chi connectivity index (χ2n) is 3.96. The predicted molar refractivity (Wildman–Crippen MR) is 53.8 cm³/mol. The molecule has 1 aromatic rings. The number of nitrogens with two attached hydrogens (primary N) is 1. The molecular formula is C10H17N3O. The molecule has 1 fully saturated rings. The van der Waals surface area contributed by atoms with Crippen molar-refractivity contribution in [1.82, 2.24) is 10.1 Å². The third-order valence-electron chi connectivity index (χ3n) is 3.04. The fourth-order valence-corrected chi connectivity index (χ4v) is 2.07. The van der Waals surface area contributed by atoms with Crippen LogP contribution in [0.4, 0.5) is 0 Å². The quantitative estimate of drug-likeness (QED) is 0.774. The van der Waals surface area contributed by atoms with Gasteiger partial charge in [0.2, 0.25) is 0 Å². The van der Waals surface area contributed by atoms with Gasteiger partial charge >= 0.3 is 0 Å². The number of likely N-dealkylation sites (tertiary alicyclic amines) is 1. The molecule has 1 aromatic heterocycles. The molecule has 1 saturated heterocycles. The van der Waals surface area contributed by atoms with Crippen LogP contribution in [0, 0.1) is 0 Å². The van der Waals surface area contributed by atoms with E-state index in [-0.39, 0.29) is 0 Å². The lowest BCUT2D eigenvalue weighted by atomic mass is 10.1. The molecule has 14 heavy (non-hydrogen) atoms. The van der Waals surface area contributed by atoms with Crippen molar-refractivity contribution in [2.45, 2.75) is 31.8 Å². The zero-order chi connectivity index (χ0) is 9.97. The highest BCUT2D eigenvalue weighted by molar-refractivity contribution is 5.14. The van der Waals surface area contributed by atoms with Crippen LogP contribution in [0.2, 0.25) is 0 Å². The Bertz CT molecular complexity index is 297. The molecule has 0 bridgehead atoms. The van der Waals surface area contributed by atoms with E-state index in [0.29, 0.717) is 12.6 Å². The van der Waals surface area contributed by atoms with E-state index < -0.39 is 0 Å². The smallest absolute Gasteiger partial charge is 0.142 e. The van der Waals surface area contributed by atoms with Crippen molar-refractivity contribution >= 4 is 0 Å². The molecular weight excluding hydrogens is 178 g/mol. The summed E-state index contributed by atoms with van der Waals surface area (Å²) in [6.45, 7) is 1.71. The van der Waals surface area contributed by atoms with Crippen LogP contribution in [-0.2, 0) is 13.0 Å². The van der Waals surface area contributed by atoms with Crippen LogP contribution in [0.5, 0.6) is 0 Å². The number of nitrogens with zero attached hydrogens (tertiary/aromatic N) is 2. The molecule has 0 spiro atoms. The maximum atomic E-state index is 5.59. The number of hydrogen-bond acceptors (Lipinski definition) is 4. The van der Waals surface area contributed by atoms with E-state index in [1.165, 1.54) is 19.4 Å². The van der Waals surface area contributed by atoms with Crippen LogP contribution in [0.3, 0.4) is 0 Å². The fourth-order valence-electron chi connectivity index (χ4n) is 2.07. The first-order valence-electron chi connectivity index (χ1n) is 5.14. The molecule has 0 radical (unpaired) electrons. The minimum Gasteiger partial charge on any atom is -0.361 e. The highest BCUT2D eigenvalue weighted by atomic mass is 16.5. The first-order valence-corrected chi connectivity index (χ1v) is 5.14. The molecule has 2 heterocycles. The number of hydrogen-bond donors (Lipinski definition) is 1. The summed E-state index contributed by atoms with van der Waals surface area (Å²) < 4.78 is 5.21. The summed E-state index contributed by atoms with van der Waals surface area (Å²) in [5.74, 6) is 0.964. The van der Waals surface area contributed by atoms with E-state index in [4.69, 9.17) is 10.3 Å². The fraction of sp³-hybridized carbons (Fsp3) is 0.700. The largest absolute Gasteiger partial charge is 0.361 e. The van der Waals surface area contributed by atoms with Crippen molar-refractivity contribution in [3.8, 4) is 0 Å². The summed E-state index contributed by atoms with van der Waals surface area (Å²) in [4.78, 5) is 2.38. The van der Waals surface area contributed by atoms with E-state index in [1.807, 2.05) is 0 Å². The Morgan fingerprint density at radius 3 is 3.21 bits per heavy atom. The highest BCUT2D eigenvalue weighted by Gasteiger charge is 2.23. The number of likely N-dealkylation sites (N-methyl/N-ethyl adjacent to an activating group) is 1. The van der Waals surface area contributed by atoms with Crippen LogP contribution in [-0.4, -0.2) is 29.7 Å². The summed E-state index contributed by atoms with van der Waals surface area (Å²) in [7, 11) is 2.16. The van der Waals surface area contributed by atoms with Gasteiger partial charge in [-0.05, 0) is 26.4 Å². The van der Waals surface area contributed by atoms with Gasteiger partial charge < -0.3 is 15.2 Å². The lowest BCUT2D eigenvalue weighted by molar-refractivity contribution is 0.281. The molecule has 1 aliphatic heterocycles. The Kier molecular flexibility index (Phi) is 2.84. The SMILES string of the molecule is CN1CCCC1Cc1oncc1CN. The average Bonchev–Trinajstić information content (AvgIpc) is 2.77. The van der Waals surface area contributed by atoms with E-state index in [1.54, 1.807) is 6.20 Å². The van der Waals surface area contributed by atoms with E-state index in [2.05, 4.69) is 17.1 Å². The van der Waals surface area contributed by atoms with Gasteiger partial charge in [0.05, 0.1) is 6.20 Å². The molecule has 78 valence electrons. The summed E-state index contributed by atoms with van der Waals surface area (Å²) in [5, 5.41) is 3.79. The highest BCUT2D eigenvalue weighted by Crippen LogP contribution is 2.20. The second kappa shape index (κ2) is 4.11. The van der Waals surface area contributed by atoms with Crippen molar-refractivity contribution in [2.75, 3.05) is 13.6 Å². The maximum Gasteiger partial charge on any atom is 0.142 e. The Hall–Kier alpha value is -0.870. The van der Waals surface area contributed by atoms with Gasteiger partial charge in [0.15, 0.2) is 0 Å². The Balaban J connectivity index is 2.02. The molecule has 1 atom stereocenters. The minimum atomic E-state index is 0.523. The molecule has 2 rings (SSSR count). The summed E-state index contributed by atoms with van der Waals surface area (Å²) in [6, 6.07) is 0.605. The Morgan fingerprint density at radius 1 is 1.71 bits per heavy atom. The van der Waals surface area contributed by atoms with E-state index in [0.717, 1.165) is 17.7 Å². The van der Waals surface area contributed by atoms with Crippen molar-refractivity contribution in [3.63, 3.8) is 0 Å². The van der Waals surface area contributed by atoms with Crippen LogP contribution in [0.15, 0.2) is 10.7 Å². The maximum absolute atomic E-state index is 5.59. The van der Waals surface area contributed by atoms with Crippen LogP contribution in [0.1, 0.15) is 24.2 Å². The predicted octanol–water partition coefficient (Wildman–Crippen LogP) is 0.770. The van der Waals surface area contributed by atoms with Gasteiger partial charge in [0, 0.05) is 24.6 Å². The Morgan fingerprint density at radius 2 is 2.57 bits per heavy atom. The van der Waals surface area contributed by atoms with Gasteiger partial charge in [-0.25, -0.2) is 0 Å². The van der Waals surface area contributed by atoms with E-state index >= 15 is 0 Å². The molecule has 4 nitrogen and oxygen atoms in total. The average molecular weight is 195 g/mol. The third-order valence-corrected chi connectivity index (χ3v) is 3.04. The standard InChI is InChI=1S/C10H17N3O/c1-13-4-2-3-9(13)5-10-8(6-11)7-12-14-10/h7,9H,2-6,11H2,1H3. The van der Waals surface area contributed by atoms with Crippen molar-refractivity contribution in [1.29, 1.82) is 0 Å². The third kappa shape index (κ3) is 1.81. The zero-order valence-electron chi connectivity index (χ0n) is 8.57. The lowest BCUT2D eigenvalue weighted by Gasteiger charge is -2.17. The normalized spacial score (nSPS) is 23.1. The number of aromatic nitrogens is 1. The first-order chi connectivity index (χ1) is 6.81. The molecule has 1 aliphatic rings. The molecule has 0 amide bonds. The minimum absolute atomic E-state index is 0.523. The van der Waals surface area contributed by atoms with Gasteiger partial charge in [0.1, 0.15) is 5.76 Å². The molecule has 2 N–H and O–H groups in total. The number of rotatable bonds is 3. The van der Waals surface area contributed by atoms with Crippen LogP contribution >= 0.6 is 0 Å². The second-order valence-corrected chi connectivity index (χ2v) is 3.96. The molecule has 0 aromatic carbocycles. The van der Waals surface area contributed by atoms with Gasteiger partial charge in [0.25, 0.3) is 0 Å². The first kappa shape index (κ1) is 9.68. The molecule has 0 saturated carbocycles. The topological polar surface area (TPSA) is 55.3 Å². The van der Waals surface area contributed by atoms with Gasteiger partial charge in [-0.3, -0.25) is 0 Å². The summed E-state index contributed by atoms with van der Waals surface area (Å²) in [5.41, 5.74) is 6.64. The van der Waals surface area contributed by atoms with Crippen molar-refractivity contribution < 1.29 is 4.52 Å². The van der Waals surface area contributed by atoms with Crippen molar-refractivity contribution in [2.24, 2.45) is 5.73 Å². The van der Waals surface area contributed by atoms with Gasteiger partial charge in [-0.15, -0.1) is 0 Å². The summed E-state index contributed by atoms with van der Waals surface area (Å²) in [6.07, 6.45) is 5.21. The van der Waals surface area contributed by atoms with Gasteiger partial charge in [-0.2, -0.15) is 0 Å². The Labute approximate surface area is 84.0 Å².